The van der Waals surface area contributed by atoms with Crippen LogP contribution in [0.25, 0.3) is 20.7 Å². The van der Waals surface area contributed by atoms with Crippen molar-refractivity contribution in [2.75, 3.05) is 52.6 Å². The number of anilines is 1. The van der Waals surface area contributed by atoms with Gasteiger partial charge in [0.25, 0.3) is 0 Å². The summed E-state index contributed by atoms with van der Waals surface area (Å²) >= 11 is 15.8. The van der Waals surface area contributed by atoms with Gasteiger partial charge in [-0.3, -0.25) is 14.6 Å². The number of piperidine rings is 2. The van der Waals surface area contributed by atoms with E-state index in [9.17, 15) is 9.59 Å². The number of carbonyl (C=O) groups excluding carboxylic acids is 2. The zero-order valence-electron chi connectivity index (χ0n) is 43.7. The smallest absolute Gasteiger partial charge is 0.315 e. The number of ether oxygens (including phenoxy) is 2. The Kier molecular flexibility index (Phi) is 18.8. The van der Waals surface area contributed by atoms with Gasteiger partial charge in [-0.2, -0.15) is 0 Å². The first-order valence-electron chi connectivity index (χ1n) is 26.6. The number of hydrogen-bond donors (Lipinski definition) is 1. The number of Topliss-reactive ketones (excluding diaryl/α,β-unsaturated/α-hetero) is 1. The molecule has 0 unspecified atom stereocenters. The number of thiazole rings is 2. The molecule has 2 saturated carbocycles. The van der Waals surface area contributed by atoms with Gasteiger partial charge in [0.15, 0.2) is 0 Å². The quantitative estimate of drug-likeness (QED) is 0.0678. The maximum atomic E-state index is 13.0. The highest BCUT2D eigenvalue weighted by molar-refractivity contribution is 7.18. The lowest BCUT2D eigenvalue weighted by Gasteiger charge is -2.28. The molecule has 11 rings (SSSR count). The molecule has 13 nitrogen and oxygen atoms in total. The van der Waals surface area contributed by atoms with Crippen molar-refractivity contribution in [1.82, 2.24) is 39.7 Å². The molecule has 17 heteroatoms. The zero-order valence-corrected chi connectivity index (χ0v) is 46.8. The Morgan fingerprint density at radius 1 is 0.680 bits per heavy atom. The van der Waals surface area contributed by atoms with Crippen molar-refractivity contribution < 1.29 is 19.1 Å². The van der Waals surface area contributed by atoms with E-state index in [-0.39, 0.29) is 18.2 Å². The van der Waals surface area contributed by atoms with Crippen LogP contribution in [0.15, 0.2) is 67.3 Å². The average molecular weight is 1090 g/mol. The Hall–Kier alpha value is -5.16. The summed E-state index contributed by atoms with van der Waals surface area (Å²) in [7, 11) is 4.38. The molecule has 2 saturated heterocycles. The molecule has 0 atom stereocenters. The molecule has 4 fully saturated rings. The molecule has 6 aromatic heterocycles. The van der Waals surface area contributed by atoms with E-state index in [0.717, 1.165) is 97.0 Å². The van der Waals surface area contributed by atoms with Gasteiger partial charge in [0, 0.05) is 31.4 Å². The second kappa shape index (κ2) is 25.8. The molecule has 2 aliphatic heterocycles. The molecule has 75 heavy (non-hydrogen) atoms. The average Bonchev–Trinajstić information content (AvgIpc) is 4.33. The number of halogens is 2. The first kappa shape index (κ1) is 54.6. The van der Waals surface area contributed by atoms with Gasteiger partial charge >= 0.3 is 5.97 Å². The maximum absolute atomic E-state index is 13.0. The summed E-state index contributed by atoms with van der Waals surface area (Å²) < 4.78 is 11.0. The number of fused-ring (bicyclic) bond motifs is 2. The van der Waals surface area contributed by atoms with Crippen LogP contribution in [0.1, 0.15) is 126 Å². The third-order valence-corrected chi connectivity index (χ3v) is 17.0. The fourth-order valence-electron chi connectivity index (χ4n) is 10.2. The highest BCUT2D eigenvalue weighted by atomic mass is 35.5. The number of esters is 1. The number of aryl methyl sites for hydroxylation is 3. The van der Waals surface area contributed by atoms with E-state index in [0.29, 0.717) is 58.6 Å². The maximum Gasteiger partial charge on any atom is 0.315 e. The predicted octanol–water partition coefficient (Wildman–Crippen LogP) is 12.4. The second-order valence-electron chi connectivity index (χ2n) is 20.9. The predicted molar refractivity (Wildman–Crippen MR) is 303 cm³/mol. The Morgan fingerprint density at radius 3 is 1.81 bits per heavy atom. The number of carbonyl (C=O) groups is 2. The molecule has 2 aliphatic carbocycles. The summed E-state index contributed by atoms with van der Waals surface area (Å²) in [6.07, 6.45) is 22.2. The highest BCUT2D eigenvalue weighted by Crippen LogP contribution is 2.46. The number of benzene rings is 1. The minimum absolute atomic E-state index is 0.169. The fourth-order valence-corrected chi connectivity index (χ4v) is 12.3. The van der Waals surface area contributed by atoms with Crippen molar-refractivity contribution in [3.05, 3.63) is 121 Å². The molecule has 8 heterocycles. The Labute approximate surface area is 459 Å². The van der Waals surface area contributed by atoms with Gasteiger partial charge in [0.1, 0.15) is 37.2 Å². The minimum atomic E-state index is -0.258. The van der Waals surface area contributed by atoms with Gasteiger partial charge in [-0.1, -0.05) is 64.1 Å². The molecular formula is C58H69Cl2N9O4S2. The van der Waals surface area contributed by atoms with E-state index in [4.69, 9.17) is 43.4 Å². The van der Waals surface area contributed by atoms with E-state index in [1.54, 1.807) is 47.1 Å². The van der Waals surface area contributed by atoms with Crippen LogP contribution in [0, 0.1) is 25.7 Å². The lowest BCUT2D eigenvalue weighted by Crippen LogP contribution is -2.30. The monoisotopic (exact) mass is 1090 g/mol. The van der Waals surface area contributed by atoms with Crippen LogP contribution >= 0.6 is 45.9 Å². The summed E-state index contributed by atoms with van der Waals surface area (Å²) in [4.78, 5) is 59.1. The normalized spacial score (nSPS) is 16.6. The number of hydrogen-bond acceptors (Lipinski definition) is 15. The number of para-hydroxylation sites is 1. The summed E-state index contributed by atoms with van der Waals surface area (Å²) in [6.45, 7) is 9.47. The van der Waals surface area contributed by atoms with Crippen LogP contribution in [-0.4, -0.2) is 98.3 Å². The van der Waals surface area contributed by atoms with Crippen LogP contribution in [0.4, 0.5) is 5.69 Å². The van der Waals surface area contributed by atoms with E-state index in [2.05, 4.69) is 48.8 Å². The number of pyridine rings is 4. The Balaban J connectivity index is 0.000000146. The molecule has 396 valence electrons. The fraction of sp³-hybridized carbons (Fsp3) is 0.483. The van der Waals surface area contributed by atoms with Gasteiger partial charge in [0.2, 0.25) is 5.88 Å². The zero-order chi connectivity index (χ0) is 52.4. The topological polar surface area (TPSA) is 162 Å². The lowest BCUT2D eigenvalue weighted by molar-refractivity contribution is -0.133. The molecule has 1 aromatic carbocycles. The van der Waals surface area contributed by atoms with Crippen LogP contribution in [-0.2, 0) is 35.3 Å². The van der Waals surface area contributed by atoms with Crippen molar-refractivity contribution in [3.8, 4) is 11.6 Å². The van der Waals surface area contributed by atoms with E-state index < -0.39 is 0 Å². The minimum Gasteiger partial charge on any atom is -0.477 e. The van der Waals surface area contributed by atoms with Crippen LogP contribution < -0.4 is 15.2 Å². The molecule has 0 bridgehead atoms. The van der Waals surface area contributed by atoms with E-state index in [1.807, 2.05) is 56.7 Å². The Bertz CT molecular complexity index is 3060. The Morgan fingerprint density at radius 2 is 1.25 bits per heavy atom. The molecule has 0 radical (unpaired) electrons. The molecule has 0 amide bonds. The number of rotatable bonds is 17. The van der Waals surface area contributed by atoms with Gasteiger partial charge in [-0.05, 0) is 207 Å². The number of likely N-dealkylation sites (tertiary alicyclic amines) is 2. The molecule has 2 N–H and O–H groups in total. The van der Waals surface area contributed by atoms with Crippen molar-refractivity contribution in [1.29, 1.82) is 0 Å². The van der Waals surface area contributed by atoms with Crippen molar-refractivity contribution in [2.24, 2.45) is 11.8 Å². The summed E-state index contributed by atoms with van der Waals surface area (Å²) in [5.74, 6) is 3.60. The van der Waals surface area contributed by atoms with E-state index >= 15 is 0 Å². The van der Waals surface area contributed by atoms with Gasteiger partial charge in [0.05, 0.1) is 45.6 Å². The van der Waals surface area contributed by atoms with E-state index in [1.165, 1.54) is 82.3 Å². The van der Waals surface area contributed by atoms with Crippen molar-refractivity contribution in [3.63, 3.8) is 0 Å². The molecular weight excluding hydrogens is 1020 g/mol. The lowest BCUT2D eigenvalue weighted by atomic mass is 9.91. The second-order valence-corrected chi connectivity index (χ2v) is 24.1. The van der Waals surface area contributed by atoms with Crippen molar-refractivity contribution in [2.45, 2.75) is 122 Å². The highest BCUT2D eigenvalue weighted by Gasteiger charge is 2.32. The SMILES string of the molecule is CN1CCC(CCOc2ncc(N)cc2Cl)CC1.Cc1nc2c(C3CC3)c(CC(=O)Cc3cnc(CCCC4CCN(C)CC4)c(Cl)c3)cnc2s1.Cc1nc2c(C3CC3)c(CC(=O)Oc3ccccc3)cnc2s1. The third-order valence-electron chi connectivity index (χ3n) is 14.6. The number of ketones is 1. The third kappa shape index (κ3) is 15.5. The van der Waals surface area contributed by atoms with Crippen molar-refractivity contribution >= 4 is 84.0 Å². The number of aromatic nitrogens is 6. The summed E-state index contributed by atoms with van der Waals surface area (Å²) in [5.41, 5.74) is 14.4. The number of nitrogens with two attached hydrogens (primary N) is 1. The van der Waals surface area contributed by atoms with Gasteiger partial charge in [-0.15, -0.1) is 0 Å². The first-order chi connectivity index (χ1) is 36.3. The summed E-state index contributed by atoms with van der Waals surface area (Å²) in [6, 6.07) is 12.8. The van der Waals surface area contributed by atoms with Gasteiger partial charge in [-0.25, -0.2) is 24.9 Å². The van der Waals surface area contributed by atoms with Crippen LogP contribution in [0.3, 0.4) is 0 Å². The summed E-state index contributed by atoms with van der Waals surface area (Å²) in [5, 5.41) is 3.21. The first-order valence-corrected chi connectivity index (χ1v) is 29.0. The largest absolute Gasteiger partial charge is 0.477 e. The molecule has 4 aliphatic rings. The molecule has 0 spiro atoms. The number of nitrogen functional groups attached to an aromatic ring is 1. The number of nitrogens with zero attached hydrogens (tertiary/aromatic N) is 8. The standard InChI is InChI=1S/C27H33ClN4OS.C18H16N2O2S.C13H20ClN3O/c1-17-31-26-25(20-6-7-20)21(16-30-27(26)34-17)14-22(33)12-19-13-23(28)24(29-15-19)5-3-4-18-8-10-32(2)11-9-18;1-11-20-17-16(12-7-8-12)13(10-19-18(17)23-11)9-15(21)22-14-5-3-2-4-6-14;1-17-5-2-10(3-6-17)4-7-18-13-12(14)8-11(15)9-16-13/h13,15-16,18,20H,3-12,14H2,1-2H3;2-6,10,12H,7-9H2,1H3;8-10H,2-7,15H2,1H3. The van der Waals surface area contributed by atoms with Crippen LogP contribution in [0.2, 0.25) is 10.0 Å². The van der Waals surface area contributed by atoms with Crippen LogP contribution in [0.5, 0.6) is 11.6 Å². The van der Waals surface area contributed by atoms with Gasteiger partial charge < -0.3 is 25.0 Å². The molecule has 7 aromatic rings.